The van der Waals surface area contributed by atoms with Gasteiger partial charge in [0.05, 0.1) is 0 Å². The zero-order valence-electron chi connectivity index (χ0n) is 13.3. The van der Waals surface area contributed by atoms with Crippen LogP contribution in [-0.4, -0.2) is 16.5 Å². The standard InChI is InChI=1S/C17H24N4/c1-5-6-10-18-15-11-14(4)19-17(20-15)21-16-12(2)8-7-9-13(16)3/h7-9,11H,5-6,10H2,1-4H3,(H2,18,19,20,21). The third kappa shape index (κ3) is 4.18. The highest BCUT2D eigenvalue weighted by Crippen LogP contribution is 2.23. The van der Waals surface area contributed by atoms with Crippen LogP contribution in [0, 0.1) is 20.8 Å². The fourth-order valence-corrected chi connectivity index (χ4v) is 2.23. The van der Waals surface area contributed by atoms with Crippen LogP contribution < -0.4 is 10.6 Å². The molecule has 0 amide bonds. The van der Waals surface area contributed by atoms with E-state index in [2.05, 4.69) is 59.6 Å². The van der Waals surface area contributed by atoms with Crippen molar-refractivity contribution in [2.75, 3.05) is 17.2 Å². The lowest BCUT2D eigenvalue weighted by Gasteiger charge is -2.13. The van der Waals surface area contributed by atoms with Crippen molar-refractivity contribution < 1.29 is 0 Å². The van der Waals surface area contributed by atoms with E-state index in [0.717, 1.165) is 30.2 Å². The molecule has 0 bridgehead atoms. The van der Waals surface area contributed by atoms with Crippen LogP contribution in [0.5, 0.6) is 0 Å². The maximum absolute atomic E-state index is 4.55. The molecule has 21 heavy (non-hydrogen) atoms. The van der Waals surface area contributed by atoms with Crippen molar-refractivity contribution in [1.82, 2.24) is 9.97 Å². The minimum absolute atomic E-state index is 0.645. The summed E-state index contributed by atoms with van der Waals surface area (Å²) in [4.78, 5) is 9.03. The highest BCUT2D eigenvalue weighted by atomic mass is 15.1. The number of anilines is 3. The summed E-state index contributed by atoms with van der Waals surface area (Å²) in [5, 5.41) is 6.70. The SMILES string of the molecule is CCCCNc1cc(C)nc(Nc2c(C)cccc2C)n1. The number of benzene rings is 1. The lowest BCUT2D eigenvalue weighted by molar-refractivity contribution is 0.830. The van der Waals surface area contributed by atoms with E-state index >= 15 is 0 Å². The largest absolute Gasteiger partial charge is 0.370 e. The molecular weight excluding hydrogens is 260 g/mol. The van der Waals surface area contributed by atoms with Crippen LogP contribution in [-0.2, 0) is 0 Å². The number of unbranched alkanes of at least 4 members (excludes halogenated alkanes) is 1. The molecule has 0 aliphatic carbocycles. The van der Waals surface area contributed by atoms with Gasteiger partial charge in [-0.1, -0.05) is 31.5 Å². The Kier molecular flexibility index (Phi) is 5.14. The van der Waals surface area contributed by atoms with Gasteiger partial charge in [0.2, 0.25) is 5.95 Å². The second-order valence-electron chi connectivity index (χ2n) is 5.39. The van der Waals surface area contributed by atoms with E-state index in [4.69, 9.17) is 0 Å². The first-order valence-corrected chi connectivity index (χ1v) is 7.53. The Balaban J connectivity index is 2.20. The molecular formula is C17H24N4. The zero-order chi connectivity index (χ0) is 15.2. The summed E-state index contributed by atoms with van der Waals surface area (Å²) in [7, 11) is 0. The number of hydrogen-bond donors (Lipinski definition) is 2. The number of aryl methyl sites for hydroxylation is 3. The van der Waals surface area contributed by atoms with Gasteiger partial charge in [-0.2, -0.15) is 4.98 Å². The molecule has 0 spiro atoms. The number of aromatic nitrogens is 2. The molecule has 0 radical (unpaired) electrons. The molecule has 1 aromatic heterocycles. The fourth-order valence-electron chi connectivity index (χ4n) is 2.23. The van der Waals surface area contributed by atoms with E-state index in [9.17, 15) is 0 Å². The van der Waals surface area contributed by atoms with Crippen molar-refractivity contribution in [3.05, 3.63) is 41.1 Å². The highest BCUT2D eigenvalue weighted by Gasteiger charge is 2.06. The molecule has 0 unspecified atom stereocenters. The van der Waals surface area contributed by atoms with Gasteiger partial charge in [-0.25, -0.2) is 4.98 Å². The summed E-state index contributed by atoms with van der Waals surface area (Å²) >= 11 is 0. The van der Waals surface area contributed by atoms with E-state index in [1.54, 1.807) is 0 Å². The quantitative estimate of drug-likeness (QED) is 0.774. The summed E-state index contributed by atoms with van der Waals surface area (Å²) in [6.45, 7) is 9.29. The van der Waals surface area contributed by atoms with Crippen LogP contribution >= 0.6 is 0 Å². The van der Waals surface area contributed by atoms with Crippen LogP contribution in [0.1, 0.15) is 36.6 Å². The lowest BCUT2D eigenvalue weighted by atomic mass is 10.1. The fraction of sp³-hybridized carbons (Fsp3) is 0.412. The molecule has 2 N–H and O–H groups in total. The number of rotatable bonds is 6. The molecule has 0 fully saturated rings. The first kappa shape index (κ1) is 15.3. The Morgan fingerprint density at radius 1 is 1.05 bits per heavy atom. The van der Waals surface area contributed by atoms with Crippen molar-refractivity contribution >= 4 is 17.5 Å². The summed E-state index contributed by atoms with van der Waals surface area (Å²) in [6.07, 6.45) is 2.31. The van der Waals surface area contributed by atoms with Crippen LogP contribution in [0.2, 0.25) is 0 Å². The Morgan fingerprint density at radius 2 is 1.76 bits per heavy atom. The van der Waals surface area contributed by atoms with Gasteiger partial charge in [-0.05, 0) is 38.3 Å². The van der Waals surface area contributed by atoms with Gasteiger partial charge in [0.1, 0.15) is 5.82 Å². The molecule has 2 rings (SSSR count). The molecule has 4 heteroatoms. The van der Waals surface area contributed by atoms with Crippen LogP contribution in [0.15, 0.2) is 24.3 Å². The smallest absolute Gasteiger partial charge is 0.229 e. The Morgan fingerprint density at radius 3 is 2.43 bits per heavy atom. The van der Waals surface area contributed by atoms with Gasteiger partial charge < -0.3 is 10.6 Å². The maximum Gasteiger partial charge on any atom is 0.229 e. The minimum atomic E-state index is 0.645. The number of nitrogens with one attached hydrogen (secondary N) is 2. The summed E-state index contributed by atoms with van der Waals surface area (Å²) in [5.41, 5.74) is 4.43. The summed E-state index contributed by atoms with van der Waals surface area (Å²) in [6, 6.07) is 8.22. The Labute approximate surface area is 127 Å². The number of para-hydroxylation sites is 1. The lowest BCUT2D eigenvalue weighted by Crippen LogP contribution is -2.07. The second-order valence-corrected chi connectivity index (χ2v) is 5.39. The maximum atomic E-state index is 4.55. The van der Waals surface area contributed by atoms with Crippen LogP contribution in [0.3, 0.4) is 0 Å². The van der Waals surface area contributed by atoms with E-state index < -0.39 is 0 Å². The summed E-state index contributed by atoms with van der Waals surface area (Å²) in [5.74, 6) is 1.52. The van der Waals surface area contributed by atoms with Crippen LogP contribution in [0.25, 0.3) is 0 Å². The Bertz CT molecular complexity index is 587. The van der Waals surface area contributed by atoms with E-state index in [0.29, 0.717) is 5.95 Å². The van der Waals surface area contributed by atoms with E-state index in [1.165, 1.54) is 17.5 Å². The van der Waals surface area contributed by atoms with Gasteiger partial charge in [0.25, 0.3) is 0 Å². The van der Waals surface area contributed by atoms with Gasteiger partial charge in [-0.3, -0.25) is 0 Å². The molecule has 0 atom stereocenters. The zero-order valence-corrected chi connectivity index (χ0v) is 13.3. The van der Waals surface area contributed by atoms with Crippen LogP contribution in [0.4, 0.5) is 17.5 Å². The first-order valence-electron chi connectivity index (χ1n) is 7.53. The third-order valence-electron chi connectivity index (χ3n) is 3.41. The molecule has 1 aromatic carbocycles. The molecule has 0 aliphatic rings. The average molecular weight is 284 g/mol. The molecule has 4 nitrogen and oxygen atoms in total. The predicted octanol–water partition coefficient (Wildman–Crippen LogP) is 4.36. The van der Waals surface area contributed by atoms with Gasteiger partial charge >= 0.3 is 0 Å². The monoisotopic (exact) mass is 284 g/mol. The second kappa shape index (κ2) is 7.07. The summed E-state index contributed by atoms with van der Waals surface area (Å²) < 4.78 is 0. The molecule has 0 saturated heterocycles. The van der Waals surface area contributed by atoms with Gasteiger partial charge in [-0.15, -0.1) is 0 Å². The average Bonchev–Trinajstić information content (AvgIpc) is 2.43. The minimum Gasteiger partial charge on any atom is -0.370 e. The molecule has 112 valence electrons. The molecule has 2 aromatic rings. The third-order valence-corrected chi connectivity index (χ3v) is 3.41. The van der Waals surface area contributed by atoms with Gasteiger partial charge in [0, 0.05) is 24.0 Å². The number of hydrogen-bond acceptors (Lipinski definition) is 4. The van der Waals surface area contributed by atoms with Crippen molar-refractivity contribution in [2.45, 2.75) is 40.5 Å². The van der Waals surface area contributed by atoms with Crippen molar-refractivity contribution in [3.8, 4) is 0 Å². The molecule has 0 aliphatic heterocycles. The first-order chi connectivity index (χ1) is 10.1. The van der Waals surface area contributed by atoms with Crippen molar-refractivity contribution in [1.29, 1.82) is 0 Å². The van der Waals surface area contributed by atoms with Crippen molar-refractivity contribution in [2.24, 2.45) is 0 Å². The normalized spacial score (nSPS) is 10.5. The molecule has 1 heterocycles. The van der Waals surface area contributed by atoms with Gasteiger partial charge in [0.15, 0.2) is 0 Å². The van der Waals surface area contributed by atoms with E-state index in [-0.39, 0.29) is 0 Å². The van der Waals surface area contributed by atoms with E-state index in [1.807, 2.05) is 13.0 Å². The Hall–Kier alpha value is -2.10. The number of nitrogens with zero attached hydrogens (tertiary/aromatic N) is 2. The molecule has 0 saturated carbocycles. The highest BCUT2D eigenvalue weighted by molar-refractivity contribution is 5.63. The topological polar surface area (TPSA) is 49.8 Å². The predicted molar refractivity (Wildman–Crippen MR) is 89.4 cm³/mol. The van der Waals surface area contributed by atoms with Crippen molar-refractivity contribution in [3.63, 3.8) is 0 Å².